The summed E-state index contributed by atoms with van der Waals surface area (Å²) in [5.74, 6) is 1.17. The van der Waals surface area contributed by atoms with Crippen LogP contribution in [0.5, 0.6) is 5.75 Å². The number of nitrogens with one attached hydrogen (secondary N) is 1. The minimum Gasteiger partial charge on any atom is -0.496 e. The van der Waals surface area contributed by atoms with Gasteiger partial charge >= 0.3 is 0 Å². The topological polar surface area (TPSA) is 38.3 Å². The molecule has 0 radical (unpaired) electrons. The minimum atomic E-state index is -0.0466. The summed E-state index contributed by atoms with van der Waals surface area (Å²) in [6.07, 6.45) is 1.05. The molecule has 1 aromatic carbocycles. The molecule has 1 N–H and O–H groups in total. The molecule has 0 heterocycles. The van der Waals surface area contributed by atoms with Crippen LogP contribution in [0, 0.1) is 12.8 Å². The number of benzene rings is 1. The number of ether oxygens (including phenoxy) is 1. The zero-order valence-corrected chi connectivity index (χ0v) is 12.7. The van der Waals surface area contributed by atoms with Gasteiger partial charge in [-0.05, 0) is 37.0 Å². The molecule has 0 fully saturated rings. The van der Waals surface area contributed by atoms with Gasteiger partial charge in [-0.1, -0.05) is 28.9 Å². The molecule has 18 heavy (non-hydrogen) atoms. The lowest BCUT2D eigenvalue weighted by molar-refractivity contribution is 0.0947. The van der Waals surface area contributed by atoms with Gasteiger partial charge in [-0.15, -0.1) is 0 Å². The van der Waals surface area contributed by atoms with Gasteiger partial charge in [0.15, 0.2) is 0 Å². The molecule has 0 aromatic heterocycles. The van der Waals surface area contributed by atoms with E-state index in [0.717, 1.165) is 23.1 Å². The Bertz CT molecular complexity index is 407. The van der Waals surface area contributed by atoms with E-state index in [2.05, 4.69) is 28.2 Å². The third kappa shape index (κ3) is 4.33. The molecule has 100 valence electrons. The number of alkyl halides is 1. The van der Waals surface area contributed by atoms with Gasteiger partial charge in [0.2, 0.25) is 0 Å². The lowest BCUT2D eigenvalue weighted by Crippen LogP contribution is -2.28. The Labute approximate surface area is 117 Å². The van der Waals surface area contributed by atoms with Gasteiger partial charge in [-0.2, -0.15) is 0 Å². The second kappa shape index (κ2) is 7.41. The average molecular weight is 314 g/mol. The van der Waals surface area contributed by atoms with Crippen LogP contribution in [0.3, 0.4) is 0 Å². The van der Waals surface area contributed by atoms with E-state index in [-0.39, 0.29) is 5.91 Å². The van der Waals surface area contributed by atoms with Crippen LogP contribution in [0.2, 0.25) is 0 Å². The largest absolute Gasteiger partial charge is 0.496 e. The Morgan fingerprint density at radius 2 is 2.22 bits per heavy atom. The minimum absolute atomic E-state index is 0.0466. The van der Waals surface area contributed by atoms with E-state index < -0.39 is 0 Å². The van der Waals surface area contributed by atoms with Gasteiger partial charge in [0, 0.05) is 17.4 Å². The maximum atomic E-state index is 12.0. The van der Waals surface area contributed by atoms with Crippen molar-refractivity contribution in [2.24, 2.45) is 5.92 Å². The summed E-state index contributed by atoms with van der Waals surface area (Å²) in [6, 6.07) is 5.50. The lowest BCUT2D eigenvalue weighted by Gasteiger charge is -2.12. The van der Waals surface area contributed by atoms with Crippen molar-refractivity contribution < 1.29 is 9.53 Å². The summed E-state index contributed by atoms with van der Waals surface area (Å²) >= 11 is 3.40. The van der Waals surface area contributed by atoms with Crippen molar-refractivity contribution in [1.29, 1.82) is 0 Å². The van der Waals surface area contributed by atoms with Crippen molar-refractivity contribution in [3.05, 3.63) is 29.3 Å². The Kier molecular flexibility index (Phi) is 6.19. The SMILES string of the molecule is COc1cc(C(=O)NCC(C)CCBr)ccc1C. The second-order valence-corrected chi connectivity index (χ2v) is 5.27. The smallest absolute Gasteiger partial charge is 0.251 e. The van der Waals surface area contributed by atoms with Crippen molar-refractivity contribution in [1.82, 2.24) is 5.32 Å². The third-order valence-corrected chi connectivity index (χ3v) is 3.34. The maximum absolute atomic E-state index is 12.0. The Morgan fingerprint density at radius 1 is 1.50 bits per heavy atom. The van der Waals surface area contributed by atoms with E-state index >= 15 is 0 Å². The van der Waals surface area contributed by atoms with E-state index in [9.17, 15) is 4.79 Å². The van der Waals surface area contributed by atoms with Crippen molar-refractivity contribution >= 4 is 21.8 Å². The highest BCUT2D eigenvalue weighted by Gasteiger charge is 2.09. The normalized spacial score (nSPS) is 12.0. The molecule has 0 saturated carbocycles. The van der Waals surface area contributed by atoms with Crippen LogP contribution < -0.4 is 10.1 Å². The first-order valence-electron chi connectivity index (χ1n) is 6.07. The maximum Gasteiger partial charge on any atom is 0.251 e. The quantitative estimate of drug-likeness (QED) is 0.819. The fraction of sp³-hybridized carbons (Fsp3) is 0.500. The Morgan fingerprint density at radius 3 is 2.83 bits per heavy atom. The van der Waals surface area contributed by atoms with Gasteiger partial charge in [-0.3, -0.25) is 4.79 Å². The predicted octanol–water partition coefficient (Wildman–Crippen LogP) is 3.15. The van der Waals surface area contributed by atoms with Gasteiger partial charge in [-0.25, -0.2) is 0 Å². The summed E-state index contributed by atoms with van der Waals surface area (Å²) in [4.78, 5) is 12.0. The molecule has 4 heteroatoms. The van der Waals surface area contributed by atoms with Crippen LogP contribution in [0.4, 0.5) is 0 Å². The first-order chi connectivity index (χ1) is 8.58. The number of carbonyl (C=O) groups excluding carboxylic acids is 1. The van der Waals surface area contributed by atoms with Crippen molar-refractivity contribution in [2.75, 3.05) is 19.0 Å². The highest BCUT2D eigenvalue weighted by molar-refractivity contribution is 9.09. The van der Waals surface area contributed by atoms with Crippen LogP contribution in [-0.2, 0) is 0 Å². The highest BCUT2D eigenvalue weighted by atomic mass is 79.9. The Balaban J connectivity index is 2.61. The lowest BCUT2D eigenvalue weighted by atomic mass is 10.1. The molecule has 1 rings (SSSR count). The first kappa shape index (κ1) is 15.0. The fourth-order valence-electron chi connectivity index (χ4n) is 1.62. The molecule has 0 aliphatic rings. The molecule has 1 unspecified atom stereocenters. The monoisotopic (exact) mass is 313 g/mol. The van der Waals surface area contributed by atoms with Crippen LogP contribution in [-0.4, -0.2) is 24.9 Å². The number of rotatable bonds is 6. The Hall–Kier alpha value is -1.03. The van der Waals surface area contributed by atoms with Crippen molar-refractivity contribution in [3.8, 4) is 5.75 Å². The molecule has 1 amide bonds. The molecule has 0 spiro atoms. The molecule has 0 saturated heterocycles. The van der Waals surface area contributed by atoms with E-state index in [4.69, 9.17) is 4.74 Å². The second-order valence-electron chi connectivity index (χ2n) is 4.48. The first-order valence-corrected chi connectivity index (χ1v) is 7.19. The van der Waals surface area contributed by atoms with Crippen molar-refractivity contribution in [3.63, 3.8) is 0 Å². The predicted molar refractivity (Wildman–Crippen MR) is 77.6 cm³/mol. The standard InChI is InChI=1S/C14H20BrNO2/c1-10(6-7-15)9-16-14(17)12-5-4-11(2)13(8-12)18-3/h4-5,8,10H,6-7,9H2,1-3H3,(H,16,17). The molecular weight excluding hydrogens is 294 g/mol. The number of hydrogen-bond donors (Lipinski definition) is 1. The fourth-order valence-corrected chi connectivity index (χ4v) is 2.40. The molecule has 1 atom stereocenters. The molecule has 0 aliphatic carbocycles. The average Bonchev–Trinajstić information content (AvgIpc) is 2.37. The summed E-state index contributed by atoms with van der Waals surface area (Å²) in [7, 11) is 1.61. The van der Waals surface area contributed by atoms with Crippen molar-refractivity contribution in [2.45, 2.75) is 20.3 Å². The van der Waals surface area contributed by atoms with Gasteiger partial charge < -0.3 is 10.1 Å². The highest BCUT2D eigenvalue weighted by Crippen LogP contribution is 2.18. The van der Waals surface area contributed by atoms with Gasteiger partial charge in [0.05, 0.1) is 7.11 Å². The van der Waals surface area contributed by atoms with E-state index in [1.807, 2.05) is 19.1 Å². The number of hydrogen-bond acceptors (Lipinski definition) is 2. The van der Waals surface area contributed by atoms with E-state index in [1.165, 1.54) is 0 Å². The third-order valence-electron chi connectivity index (χ3n) is 2.88. The number of halogens is 1. The number of methoxy groups -OCH3 is 1. The van der Waals surface area contributed by atoms with Gasteiger partial charge in [0.1, 0.15) is 5.75 Å². The number of aryl methyl sites for hydroxylation is 1. The molecule has 0 aliphatic heterocycles. The number of carbonyl (C=O) groups is 1. The number of amides is 1. The van der Waals surface area contributed by atoms with E-state index in [1.54, 1.807) is 13.2 Å². The van der Waals surface area contributed by atoms with Crippen LogP contribution in [0.25, 0.3) is 0 Å². The molecule has 0 bridgehead atoms. The summed E-state index contributed by atoms with van der Waals surface area (Å²) in [5, 5.41) is 3.90. The van der Waals surface area contributed by atoms with Crippen LogP contribution in [0.1, 0.15) is 29.3 Å². The molecular formula is C14H20BrNO2. The molecule has 1 aromatic rings. The summed E-state index contributed by atoms with van der Waals surface area (Å²) in [6.45, 7) is 4.77. The van der Waals surface area contributed by atoms with Crippen LogP contribution in [0.15, 0.2) is 18.2 Å². The summed E-state index contributed by atoms with van der Waals surface area (Å²) in [5.41, 5.74) is 1.67. The van der Waals surface area contributed by atoms with E-state index in [0.29, 0.717) is 18.0 Å². The summed E-state index contributed by atoms with van der Waals surface area (Å²) < 4.78 is 5.21. The molecule has 3 nitrogen and oxygen atoms in total. The zero-order valence-electron chi connectivity index (χ0n) is 11.1. The zero-order chi connectivity index (χ0) is 13.5. The van der Waals surface area contributed by atoms with Gasteiger partial charge in [0.25, 0.3) is 5.91 Å². The van der Waals surface area contributed by atoms with Crippen LogP contribution >= 0.6 is 15.9 Å².